The van der Waals surface area contributed by atoms with Crippen LogP contribution in [-0.2, 0) is 0 Å². The minimum atomic E-state index is 0.857. The quantitative estimate of drug-likeness (QED) is 0.581. The van der Waals surface area contributed by atoms with Gasteiger partial charge in [-0.15, -0.1) is 0 Å². The van der Waals surface area contributed by atoms with Gasteiger partial charge in [-0.1, -0.05) is 33.1 Å². The van der Waals surface area contributed by atoms with E-state index in [1.165, 1.54) is 19.3 Å². The van der Waals surface area contributed by atoms with Gasteiger partial charge in [-0.3, -0.25) is 0 Å². The van der Waals surface area contributed by atoms with Crippen LogP contribution in [0.15, 0.2) is 0 Å². The maximum atomic E-state index is 2.39. The predicted molar refractivity (Wildman–Crippen MR) is 53.1 cm³/mol. The number of rotatable bonds is 2. The average Bonchev–Trinajstić information content (AvgIpc) is 2.41. The van der Waals surface area contributed by atoms with Crippen molar-refractivity contribution >= 4 is 0 Å². The van der Waals surface area contributed by atoms with Gasteiger partial charge >= 0.3 is 0 Å². The van der Waals surface area contributed by atoms with Crippen molar-refractivity contribution in [1.82, 2.24) is 0 Å². The van der Waals surface area contributed by atoms with E-state index in [0.29, 0.717) is 0 Å². The second kappa shape index (κ2) is 3.05. The summed E-state index contributed by atoms with van der Waals surface area (Å²) in [6.07, 6.45) is 10.6. The molecule has 0 nitrogen and oxygen atoms in total. The maximum absolute atomic E-state index is 2.39. The fraction of sp³-hybridized carbons (Fsp3) is 1.00. The van der Waals surface area contributed by atoms with Crippen LogP contribution in [0.2, 0.25) is 0 Å². The summed E-state index contributed by atoms with van der Waals surface area (Å²) in [6.45, 7) is 4.76. The molecule has 0 heteroatoms. The molecule has 12 heavy (non-hydrogen) atoms. The summed E-state index contributed by atoms with van der Waals surface area (Å²) in [5.41, 5.74) is 0.857. The molecule has 0 amide bonds. The molecule has 0 radical (unpaired) electrons. The fourth-order valence-corrected chi connectivity index (χ4v) is 3.63. The minimum Gasteiger partial charge on any atom is -0.0651 e. The van der Waals surface area contributed by atoms with E-state index in [1.54, 1.807) is 25.7 Å². The normalized spacial score (nSPS) is 38.5. The Kier molecular flexibility index (Phi) is 2.18. The first kappa shape index (κ1) is 8.59. The molecule has 0 aromatic rings. The van der Waals surface area contributed by atoms with Crippen molar-refractivity contribution in [3.63, 3.8) is 0 Å². The van der Waals surface area contributed by atoms with Crippen molar-refractivity contribution in [3.05, 3.63) is 0 Å². The summed E-state index contributed by atoms with van der Waals surface area (Å²) in [4.78, 5) is 0. The lowest BCUT2D eigenvalue weighted by Gasteiger charge is -2.43. The molecule has 2 atom stereocenters. The number of hydrogen-bond donors (Lipinski definition) is 0. The third-order valence-electron chi connectivity index (χ3n) is 4.60. The van der Waals surface area contributed by atoms with E-state index < -0.39 is 0 Å². The molecule has 70 valence electrons. The third-order valence-corrected chi connectivity index (χ3v) is 4.60. The summed E-state index contributed by atoms with van der Waals surface area (Å²) in [5, 5.41) is 0. The summed E-state index contributed by atoms with van der Waals surface area (Å²) in [6, 6.07) is 0. The molecule has 0 N–H and O–H groups in total. The molecule has 2 fully saturated rings. The highest BCUT2D eigenvalue weighted by atomic mass is 14.5. The van der Waals surface area contributed by atoms with Crippen molar-refractivity contribution in [2.24, 2.45) is 17.3 Å². The maximum Gasteiger partial charge on any atom is -0.0267 e. The zero-order valence-corrected chi connectivity index (χ0v) is 8.60. The molecular formula is C12H22. The Hall–Kier alpha value is 0. The van der Waals surface area contributed by atoms with Crippen molar-refractivity contribution in [3.8, 4) is 0 Å². The molecule has 0 saturated heterocycles. The Morgan fingerprint density at radius 3 is 2.25 bits per heavy atom. The van der Waals surface area contributed by atoms with Crippen molar-refractivity contribution < 1.29 is 0 Å². The Labute approximate surface area is 76.7 Å². The molecule has 1 spiro atoms. The van der Waals surface area contributed by atoms with Gasteiger partial charge in [-0.05, 0) is 42.9 Å². The first-order valence-corrected chi connectivity index (χ1v) is 5.80. The largest absolute Gasteiger partial charge is 0.0651 e. The molecule has 0 heterocycles. The molecular weight excluding hydrogens is 144 g/mol. The van der Waals surface area contributed by atoms with E-state index in [1.807, 2.05) is 0 Å². The zero-order valence-electron chi connectivity index (χ0n) is 8.60. The van der Waals surface area contributed by atoms with Gasteiger partial charge in [0.15, 0.2) is 0 Å². The Morgan fingerprint density at radius 1 is 1.17 bits per heavy atom. The van der Waals surface area contributed by atoms with Crippen molar-refractivity contribution in [2.75, 3.05) is 0 Å². The monoisotopic (exact) mass is 166 g/mol. The second-order valence-corrected chi connectivity index (χ2v) is 5.04. The minimum absolute atomic E-state index is 0.857. The molecule has 0 aromatic heterocycles. The molecule has 2 unspecified atom stereocenters. The fourth-order valence-electron chi connectivity index (χ4n) is 3.63. The third kappa shape index (κ3) is 1.11. The van der Waals surface area contributed by atoms with Crippen LogP contribution in [0.5, 0.6) is 0 Å². The van der Waals surface area contributed by atoms with Gasteiger partial charge in [0, 0.05) is 0 Å². The topological polar surface area (TPSA) is 0 Å². The van der Waals surface area contributed by atoms with Crippen LogP contribution in [0, 0.1) is 17.3 Å². The molecule has 0 aliphatic heterocycles. The Balaban J connectivity index is 2.03. The lowest BCUT2D eigenvalue weighted by Crippen LogP contribution is -2.32. The Morgan fingerprint density at radius 2 is 1.92 bits per heavy atom. The molecule has 0 aromatic carbocycles. The van der Waals surface area contributed by atoms with E-state index in [0.717, 1.165) is 17.3 Å². The van der Waals surface area contributed by atoms with Gasteiger partial charge in [-0.2, -0.15) is 0 Å². The van der Waals surface area contributed by atoms with Crippen molar-refractivity contribution in [2.45, 2.75) is 58.8 Å². The van der Waals surface area contributed by atoms with Gasteiger partial charge in [0.25, 0.3) is 0 Å². The van der Waals surface area contributed by atoms with Crippen LogP contribution in [0.4, 0.5) is 0 Å². The smallest absolute Gasteiger partial charge is 0.0267 e. The summed E-state index contributed by atoms with van der Waals surface area (Å²) >= 11 is 0. The van der Waals surface area contributed by atoms with E-state index in [-0.39, 0.29) is 0 Å². The molecule has 2 rings (SSSR count). The van der Waals surface area contributed by atoms with Gasteiger partial charge < -0.3 is 0 Å². The predicted octanol–water partition coefficient (Wildman–Crippen LogP) is 4.00. The Bertz CT molecular complexity index is 155. The van der Waals surface area contributed by atoms with Crippen molar-refractivity contribution in [1.29, 1.82) is 0 Å². The molecule has 2 aliphatic rings. The van der Waals surface area contributed by atoms with Crippen LogP contribution >= 0.6 is 0 Å². The van der Waals surface area contributed by atoms with Gasteiger partial charge in [0.2, 0.25) is 0 Å². The van der Waals surface area contributed by atoms with Crippen LogP contribution in [0.1, 0.15) is 58.8 Å². The zero-order chi connectivity index (χ0) is 8.60. The van der Waals surface area contributed by atoms with Crippen LogP contribution in [0.25, 0.3) is 0 Å². The van der Waals surface area contributed by atoms with Crippen LogP contribution in [-0.4, -0.2) is 0 Å². The van der Waals surface area contributed by atoms with E-state index in [4.69, 9.17) is 0 Å². The lowest BCUT2D eigenvalue weighted by molar-refractivity contribution is 0.0737. The highest BCUT2D eigenvalue weighted by molar-refractivity contribution is 4.99. The first-order valence-electron chi connectivity index (χ1n) is 5.80. The summed E-state index contributed by atoms with van der Waals surface area (Å²) in [7, 11) is 0. The second-order valence-electron chi connectivity index (χ2n) is 5.04. The molecule has 2 saturated carbocycles. The van der Waals surface area contributed by atoms with E-state index >= 15 is 0 Å². The van der Waals surface area contributed by atoms with Gasteiger partial charge in [0.1, 0.15) is 0 Å². The van der Waals surface area contributed by atoms with Gasteiger partial charge in [-0.25, -0.2) is 0 Å². The van der Waals surface area contributed by atoms with Crippen LogP contribution < -0.4 is 0 Å². The summed E-state index contributed by atoms with van der Waals surface area (Å²) < 4.78 is 0. The molecule has 2 aliphatic carbocycles. The van der Waals surface area contributed by atoms with Gasteiger partial charge in [0.05, 0.1) is 0 Å². The standard InChI is InChI=1S/C12H22/c1-3-10-8-11(4-2)12(9-10)6-5-7-12/h10-11H,3-9H2,1-2H3. The average molecular weight is 166 g/mol. The number of hydrogen-bond acceptors (Lipinski definition) is 0. The SMILES string of the molecule is CCC1CC(CC)C2(CCC2)C1. The lowest BCUT2D eigenvalue weighted by atomic mass is 9.62. The highest BCUT2D eigenvalue weighted by Crippen LogP contribution is 2.60. The molecule has 0 bridgehead atoms. The highest BCUT2D eigenvalue weighted by Gasteiger charge is 2.48. The van der Waals surface area contributed by atoms with E-state index in [9.17, 15) is 0 Å². The summed E-state index contributed by atoms with van der Waals surface area (Å²) in [5.74, 6) is 2.17. The first-order chi connectivity index (χ1) is 5.80. The van der Waals surface area contributed by atoms with Crippen LogP contribution in [0.3, 0.4) is 0 Å². The van der Waals surface area contributed by atoms with E-state index in [2.05, 4.69) is 13.8 Å².